The van der Waals surface area contributed by atoms with Gasteiger partial charge in [-0.2, -0.15) is 0 Å². The SMILES string of the molecule is O=C(NNC1=NC(=S)NC12CCCCC2)NNC1=NC(=S)NC12CCCCC2. The van der Waals surface area contributed by atoms with Gasteiger partial charge in [-0.05, 0) is 50.1 Å². The maximum absolute atomic E-state index is 12.3. The molecule has 2 saturated carbocycles. The molecule has 2 spiro atoms. The molecule has 2 fully saturated rings. The predicted octanol–water partition coefficient (Wildman–Crippen LogP) is 1.27. The van der Waals surface area contributed by atoms with E-state index in [-0.39, 0.29) is 11.1 Å². The summed E-state index contributed by atoms with van der Waals surface area (Å²) in [5.74, 6) is 1.36. The Morgan fingerprint density at radius 3 is 1.54 bits per heavy atom. The molecular formula is C17H26N8OS2. The van der Waals surface area contributed by atoms with Crippen LogP contribution in [0, 0.1) is 0 Å². The van der Waals surface area contributed by atoms with E-state index in [0.717, 1.165) is 51.4 Å². The van der Waals surface area contributed by atoms with Crippen molar-refractivity contribution in [1.82, 2.24) is 32.3 Å². The molecule has 4 aliphatic rings. The third-order valence-corrected chi connectivity index (χ3v) is 6.42. The minimum Gasteiger partial charge on any atom is -0.348 e. The van der Waals surface area contributed by atoms with Crippen LogP contribution in [0.2, 0.25) is 0 Å². The van der Waals surface area contributed by atoms with Crippen molar-refractivity contribution in [3.05, 3.63) is 0 Å². The number of nitrogens with zero attached hydrogens (tertiary/aromatic N) is 2. The first-order chi connectivity index (χ1) is 13.5. The van der Waals surface area contributed by atoms with Gasteiger partial charge in [-0.1, -0.05) is 38.5 Å². The molecule has 0 unspecified atom stereocenters. The molecule has 2 amide bonds. The van der Waals surface area contributed by atoms with Crippen LogP contribution in [0.4, 0.5) is 4.79 Å². The molecule has 4 rings (SSSR count). The summed E-state index contributed by atoms with van der Waals surface area (Å²) in [6.45, 7) is 0. The Morgan fingerprint density at radius 1 is 0.750 bits per heavy atom. The molecule has 11 heteroatoms. The first-order valence-corrected chi connectivity index (χ1v) is 10.7. The predicted molar refractivity (Wildman–Crippen MR) is 116 cm³/mol. The fraction of sp³-hybridized carbons (Fsp3) is 0.706. The molecule has 0 bridgehead atoms. The summed E-state index contributed by atoms with van der Waals surface area (Å²) in [7, 11) is 0. The Morgan fingerprint density at radius 2 is 1.14 bits per heavy atom. The van der Waals surface area contributed by atoms with E-state index in [1.807, 2.05) is 0 Å². The van der Waals surface area contributed by atoms with Crippen LogP contribution in [0.1, 0.15) is 64.2 Å². The van der Waals surface area contributed by atoms with Gasteiger partial charge >= 0.3 is 6.03 Å². The Balaban J connectivity index is 1.31. The van der Waals surface area contributed by atoms with Gasteiger partial charge in [0.15, 0.2) is 10.2 Å². The summed E-state index contributed by atoms with van der Waals surface area (Å²) in [6.07, 6.45) is 10.6. The zero-order valence-electron chi connectivity index (χ0n) is 15.7. The van der Waals surface area contributed by atoms with Crippen molar-refractivity contribution < 1.29 is 4.79 Å². The zero-order valence-corrected chi connectivity index (χ0v) is 17.3. The molecule has 0 atom stereocenters. The van der Waals surface area contributed by atoms with E-state index in [2.05, 4.69) is 42.3 Å². The first-order valence-electron chi connectivity index (χ1n) is 9.92. The number of hydrogen-bond acceptors (Lipinski definition) is 5. The van der Waals surface area contributed by atoms with E-state index in [4.69, 9.17) is 24.4 Å². The number of hydrazine groups is 2. The van der Waals surface area contributed by atoms with Crippen LogP contribution in [-0.4, -0.2) is 39.0 Å². The van der Waals surface area contributed by atoms with Crippen molar-refractivity contribution in [3.8, 4) is 0 Å². The van der Waals surface area contributed by atoms with Crippen LogP contribution in [0.15, 0.2) is 9.98 Å². The molecule has 0 aromatic rings. The average Bonchev–Trinajstić information content (AvgIpc) is 3.15. The Kier molecular flexibility index (Phi) is 5.37. The van der Waals surface area contributed by atoms with Gasteiger partial charge in [0.05, 0.1) is 11.1 Å². The number of nitrogens with one attached hydrogen (secondary N) is 6. The van der Waals surface area contributed by atoms with Crippen LogP contribution < -0.4 is 32.3 Å². The van der Waals surface area contributed by atoms with Crippen molar-refractivity contribution in [2.24, 2.45) is 9.98 Å². The maximum atomic E-state index is 12.3. The van der Waals surface area contributed by atoms with Crippen LogP contribution in [0.5, 0.6) is 0 Å². The van der Waals surface area contributed by atoms with Gasteiger partial charge in [0, 0.05) is 0 Å². The Bertz CT molecular complexity index is 677. The Labute approximate surface area is 174 Å². The van der Waals surface area contributed by atoms with Gasteiger partial charge in [0.1, 0.15) is 11.7 Å². The van der Waals surface area contributed by atoms with Gasteiger partial charge in [-0.3, -0.25) is 10.9 Å². The fourth-order valence-electron chi connectivity index (χ4n) is 4.59. The number of thiocarbonyl (C=S) groups is 2. The van der Waals surface area contributed by atoms with Crippen molar-refractivity contribution in [3.63, 3.8) is 0 Å². The summed E-state index contributed by atoms with van der Waals surface area (Å²) >= 11 is 10.4. The van der Waals surface area contributed by atoms with Crippen molar-refractivity contribution >= 4 is 52.4 Å². The lowest BCUT2D eigenvalue weighted by Gasteiger charge is -2.35. The van der Waals surface area contributed by atoms with Crippen LogP contribution >= 0.6 is 24.4 Å². The molecule has 152 valence electrons. The highest BCUT2D eigenvalue weighted by molar-refractivity contribution is 7.80. The lowest BCUT2D eigenvalue weighted by Crippen LogP contribution is -2.62. The third kappa shape index (κ3) is 3.77. The second-order valence-electron chi connectivity index (χ2n) is 7.90. The molecule has 0 aromatic carbocycles. The minimum absolute atomic E-state index is 0.284. The summed E-state index contributed by atoms with van der Waals surface area (Å²) in [5, 5.41) is 7.52. The molecule has 2 aliphatic heterocycles. The molecule has 28 heavy (non-hydrogen) atoms. The number of carbonyl (C=O) groups is 1. The fourth-order valence-corrected chi connectivity index (χ4v) is 5.17. The highest BCUT2D eigenvalue weighted by Gasteiger charge is 2.43. The van der Waals surface area contributed by atoms with Gasteiger partial charge in [-0.25, -0.2) is 25.6 Å². The molecule has 6 N–H and O–H groups in total. The molecular weight excluding hydrogens is 396 g/mol. The van der Waals surface area contributed by atoms with Gasteiger partial charge < -0.3 is 10.6 Å². The number of amides is 2. The second-order valence-corrected chi connectivity index (χ2v) is 8.67. The lowest BCUT2D eigenvalue weighted by atomic mass is 9.81. The van der Waals surface area contributed by atoms with Gasteiger partial charge in [0.25, 0.3) is 0 Å². The van der Waals surface area contributed by atoms with Crippen molar-refractivity contribution in [2.75, 3.05) is 0 Å². The summed E-state index contributed by atoms with van der Waals surface area (Å²) < 4.78 is 0. The van der Waals surface area contributed by atoms with E-state index < -0.39 is 6.03 Å². The molecule has 2 aliphatic carbocycles. The van der Waals surface area contributed by atoms with E-state index in [1.54, 1.807) is 0 Å². The standard InChI is InChI=1S/C17H26N8OS2/c26-13(24-22-11-16(20-14(27)18-11)7-3-1-4-8-16)25-23-12-17(21-15(28)19-12)9-5-2-6-10-17/h1-10H2,(H2,24,25,26)(H2,18,20,22,27)(H2,19,21,23,28). The lowest BCUT2D eigenvalue weighted by molar-refractivity contribution is 0.236. The minimum atomic E-state index is -0.432. The van der Waals surface area contributed by atoms with Gasteiger partial charge in [0.2, 0.25) is 0 Å². The van der Waals surface area contributed by atoms with Crippen LogP contribution in [0.3, 0.4) is 0 Å². The molecule has 2 heterocycles. The molecule has 0 radical (unpaired) electrons. The van der Waals surface area contributed by atoms with Crippen molar-refractivity contribution in [1.29, 1.82) is 0 Å². The molecule has 9 nitrogen and oxygen atoms in total. The topological polar surface area (TPSA) is 114 Å². The van der Waals surface area contributed by atoms with E-state index in [0.29, 0.717) is 21.9 Å². The number of hydrogen-bond donors (Lipinski definition) is 6. The van der Waals surface area contributed by atoms with Crippen LogP contribution in [-0.2, 0) is 0 Å². The van der Waals surface area contributed by atoms with E-state index >= 15 is 0 Å². The second kappa shape index (κ2) is 7.78. The summed E-state index contributed by atoms with van der Waals surface area (Å²) in [5.41, 5.74) is 10.6. The number of carbonyl (C=O) groups excluding carboxylic acids is 1. The number of rotatable bonds is 0. The zero-order chi connectivity index (χ0) is 19.6. The monoisotopic (exact) mass is 422 g/mol. The maximum Gasteiger partial charge on any atom is 0.352 e. The number of urea groups is 1. The number of amidine groups is 2. The molecule has 0 saturated heterocycles. The highest BCUT2D eigenvalue weighted by Crippen LogP contribution is 2.32. The quantitative estimate of drug-likeness (QED) is 0.257. The average molecular weight is 423 g/mol. The smallest absolute Gasteiger partial charge is 0.348 e. The highest BCUT2D eigenvalue weighted by atomic mass is 32.1. The van der Waals surface area contributed by atoms with Gasteiger partial charge in [-0.15, -0.1) is 0 Å². The third-order valence-electron chi connectivity index (χ3n) is 6.03. The van der Waals surface area contributed by atoms with E-state index in [9.17, 15) is 4.79 Å². The number of aliphatic imine (C=N–C) groups is 2. The summed E-state index contributed by atoms with van der Waals surface area (Å²) in [4.78, 5) is 21.0. The normalized spacial score (nSPS) is 24.9. The summed E-state index contributed by atoms with van der Waals surface area (Å²) in [6, 6.07) is -0.432. The van der Waals surface area contributed by atoms with E-state index in [1.165, 1.54) is 12.8 Å². The first kappa shape index (κ1) is 19.3. The Hall–Kier alpha value is -2.01. The van der Waals surface area contributed by atoms with Crippen LogP contribution in [0.25, 0.3) is 0 Å². The largest absolute Gasteiger partial charge is 0.352 e. The molecule has 0 aromatic heterocycles. The van der Waals surface area contributed by atoms with Crippen molar-refractivity contribution in [2.45, 2.75) is 75.3 Å².